The standard InChI is InChI=1S/C18H14F2N4S/c19-15-6-14-17(7-16(15)20)21-9-18(14)23-25-13-8-22-24(11-13)10-12-4-2-1-3-5-12/h1-9,11,21,23H,10H2. The van der Waals surface area contributed by atoms with Crippen LogP contribution in [0.25, 0.3) is 10.9 Å². The molecule has 0 radical (unpaired) electrons. The number of halogens is 2. The maximum absolute atomic E-state index is 13.4. The van der Waals surface area contributed by atoms with Gasteiger partial charge < -0.3 is 9.71 Å². The number of benzene rings is 2. The summed E-state index contributed by atoms with van der Waals surface area (Å²) in [4.78, 5) is 3.85. The van der Waals surface area contributed by atoms with Crippen molar-refractivity contribution in [3.05, 3.63) is 78.3 Å². The fourth-order valence-corrected chi connectivity index (χ4v) is 3.24. The second kappa shape index (κ2) is 6.60. The molecule has 0 atom stereocenters. The summed E-state index contributed by atoms with van der Waals surface area (Å²) in [6, 6.07) is 12.4. The summed E-state index contributed by atoms with van der Waals surface area (Å²) in [6.45, 7) is 0.693. The van der Waals surface area contributed by atoms with E-state index in [1.165, 1.54) is 23.6 Å². The third-order valence-electron chi connectivity index (χ3n) is 3.80. The fourth-order valence-electron chi connectivity index (χ4n) is 2.57. The highest BCUT2D eigenvalue weighted by molar-refractivity contribution is 8.00. The van der Waals surface area contributed by atoms with Gasteiger partial charge in [0.05, 0.1) is 28.8 Å². The first kappa shape index (κ1) is 15.7. The highest BCUT2D eigenvalue weighted by Gasteiger charge is 2.10. The summed E-state index contributed by atoms with van der Waals surface area (Å²) in [5, 5.41) is 4.94. The molecule has 0 fully saturated rings. The fraction of sp³-hybridized carbons (Fsp3) is 0.0556. The third-order valence-corrected chi connectivity index (χ3v) is 4.57. The summed E-state index contributed by atoms with van der Waals surface area (Å²) in [5.74, 6) is -1.73. The predicted molar refractivity (Wildman–Crippen MR) is 95.5 cm³/mol. The zero-order valence-corrected chi connectivity index (χ0v) is 13.9. The molecule has 0 aliphatic heterocycles. The van der Waals surface area contributed by atoms with Crippen LogP contribution in [0.3, 0.4) is 0 Å². The van der Waals surface area contributed by atoms with Crippen molar-refractivity contribution < 1.29 is 8.78 Å². The molecule has 0 amide bonds. The van der Waals surface area contributed by atoms with Crippen LogP contribution in [-0.4, -0.2) is 14.8 Å². The maximum atomic E-state index is 13.4. The number of anilines is 1. The monoisotopic (exact) mass is 356 g/mol. The highest BCUT2D eigenvalue weighted by Crippen LogP contribution is 2.29. The molecule has 0 saturated carbocycles. The Balaban J connectivity index is 1.46. The van der Waals surface area contributed by atoms with Crippen molar-refractivity contribution in [1.29, 1.82) is 0 Å². The van der Waals surface area contributed by atoms with Crippen LogP contribution in [-0.2, 0) is 6.54 Å². The molecular weight excluding hydrogens is 342 g/mol. The number of hydrogen-bond donors (Lipinski definition) is 2. The van der Waals surface area contributed by atoms with Crippen molar-refractivity contribution in [2.45, 2.75) is 11.4 Å². The smallest absolute Gasteiger partial charge is 0.160 e. The third kappa shape index (κ3) is 3.36. The number of rotatable bonds is 5. The molecule has 2 aromatic carbocycles. The van der Waals surface area contributed by atoms with Gasteiger partial charge in [-0.05, 0) is 23.6 Å². The van der Waals surface area contributed by atoms with Crippen LogP contribution in [0.4, 0.5) is 14.5 Å². The normalized spacial score (nSPS) is 11.1. The number of aromatic nitrogens is 3. The lowest BCUT2D eigenvalue weighted by atomic mass is 10.2. The highest BCUT2D eigenvalue weighted by atomic mass is 32.2. The summed E-state index contributed by atoms with van der Waals surface area (Å²) < 4.78 is 31.7. The molecule has 0 bridgehead atoms. The van der Waals surface area contributed by atoms with Gasteiger partial charge in [-0.1, -0.05) is 30.3 Å². The Morgan fingerprint density at radius 3 is 2.76 bits per heavy atom. The molecule has 0 spiro atoms. The van der Waals surface area contributed by atoms with E-state index in [0.29, 0.717) is 23.1 Å². The average Bonchev–Trinajstić information content (AvgIpc) is 3.21. The van der Waals surface area contributed by atoms with Crippen LogP contribution in [0, 0.1) is 11.6 Å². The van der Waals surface area contributed by atoms with Crippen molar-refractivity contribution in [1.82, 2.24) is 14.8 Å². The maximum Gasteiger partial charge on any atom is 0.160 e. The number of H-pyrrole nitrogens is 1. The van der Waals surface area contributed by atoms with Crippen molar-refractivity contribution >= 4 is 28.5 Å². The van der Waals surface area contributed by atoms with Crippen LogP contribution >= 0.6 is 11.9 Å². The number of nitrogens with zero attached hydrogens (tertiary/aromatic N) is 2. The molecular formula is C18H14F2N4S. The van der Waals surface area contributed by atoms with Crippen LogP contribution in [0.5, 0.6) is 0 Å². The molecule has 7 heteroatoms. The van der Waals surface area contributed by atoms with Gasteiger partial charge in [-0.3, -0.25) is 4.68 Å². The van der Waals surface area contributed by atoms with Gasteiger partial charge in [-0.2, -0.15) is 5.10 Å². The molecule has 4 nitrogen and oxygen atoms in total. The second-order valence-corrected chi connectivity index (χ2v) is 6.46. The van der Waals surface area contributed by atoms with Gasteiger partial charge in [0, 0.05) is 23.8 Å². The van der Waals surface area contributed by atoms with Crippen molar-refractivity contribution in [2.24, 2.45) is 0 Å². The Morgan fingerprint density at radius 2 is 1.92 bits per heavy atom. The zero-order valence-electron chi connectivity index (χ0n) is 13.0. The van der Waals surface area contributed by atoms with Crippen LogP contribution in [0.1, 0.15) is 5.56 Å². The Hall–Kier alpha value is -2.80. The summed E-state index contributed by atoms with van der Waals surface area (Å²) in [7, 11) is 0. The largest absolute Gasteiger partial charge is 0.359 e. The lowest BCUT2D eigenvalue weighted by Crippen LogP contribution is -1.99. The van der Waals surface area contributed by atoms with Crippen molar-refractivity contribution in [3.8, 4) is 0 Å². The Labute approximate surface area is 147 Å². The van der Waals surface area contributed by atoms with Gasteiger partial charge in [-0.15, -0.1) is 0 Å². The first-order chi connectivity index (χ1) is 12.2. The van der Waals surface area contributed by atoms with Crippen LogP contribution in [0.2, 0.25) is 0 Å². The Bertz CT molecular complexity index is 1010. The van der Waals surface area contributed by atoms with Crippen molar-refractivity contribution in [2.75, 3.05) is 4.72 Å². The molecule has 25 heavy (non-hydrogen) atoms. The molecule has 2 N–H and O–H groups in total. The number of hydrogen-bond acceptors (Lipinski definition) is 3. The van der Waals surface area contributed by atoms with E-state index < -0.39 is 11.6 Å². The minimum absolute atomic E-state index is 0.543. The molecule has 0 aliphatic rings. The number of aromatic amines is 1. The van der Waals surface area contributed by atoms with Gasteiger partial charge >= 0.3 is 0 Å². The van der Waals surface area contributed by atoms with E-state index in [-0.39, 0.29) is 0 Å². The van der Waals surface area contributed by atoms with E-state index in [0.717, 1.165) is 11.0 Å². The molecule has 2 heterocycles. The minimum atomic E-state index is -0.865. The van der Waals surface area contributed by atoms with E-state index in [1.54, 1.807) is 12.4 Å². The molecule has 4 aromatic rings. The van der Waals surface area contributed by atoms with E-state index >= 15 is 0 Å². The summed E-state index contributed by atoms with van der Waals surface area (Å²) in [5.41, 5.74) is 2.40. The van der Waals surface area contributed by atoms with Gasteiger partial charge in [0.1, 0.15) is 0 Å². The van der Waals surface area contributed by atoms with Crippen LogP contribution in [0.15, 0.2) is 66.0 Å². The lowest BCUT2D eigenvalue weighted by molar-refractivity contribution is 0.511. The first-order valence-electron chi connectivity index (χ1n) is 7.64. The molecule has 0 aliphatic carbocycles. The quantitative estimate of drug-likeness (QED) is 0.505. The summed E-state index contributed by atoms with van der Waals surface area (Å²) >= 11 is 1.36. The van der Waals surface area contributed by atoms with E-state index in [2.05, 4.69) is 14.8 Å². The molecule has 126 valence electrons. The van der Waals surface area contributed by atoms with Crippen LogP contribution < -0.4 is 4.72 Å². The van der Waals surface area contributed by atoms with E-state index in [4.69, 9.17) is 0 Å². The van der Waals surface area contributed by atoms with Gasteiger partial charge in [0.25, 0.3) is 0 Å². The average molecular weight is 356 g/mol. The first-order valence-corrected chi connectivity index (χ1v) is 8.46. The Kier molecular flexibility index (Phi) is 4.15. The Morgan fingerprint density at radius 1 is 1.12 bits per heavy atom. The number of fused-ring (bicyclic) bond motifs is 1. The van der Waals surface area contributed by atoms with Crippen molar-refractivity contribution in [3.63, 3.8) is 0 Å². The molecule has 0 saturated heterocycles. The number of nitrogens with one attached hydrogen (secondary N) is 2. The SMILES string of the molecule is Fc1cc2[nH]cc(NSc3cnn(Cc4ccccc4)c3)c2cc1F. The summed E-state index contributed by atoms with van der Waals surface area (Å²) in [6.07, 6.45) is 5.38. The zero-order chi connectivity index (χ0) is 17.2. The van der Waals surface area contributed by atoms with E-state index in [1.807, 2.05) is 41.2 Å². The topological polar surface area (TPSA) is 45.6 Å². The van der Waals surface area contributed by atoms with Gasteiger partial charge in [0.15, 0.2) is 11.6 Å². The molecule has 0 unspecified atom stereocenters. The lowest BCUT2D eigenvalue weighted by Gasteiger charge is -2.03. The van der Waals surface area contributed by atoms with Gasteiger partial charge in [0.2, 0.25) is 0 Å². The van der Waals surface area contributed by atoms with Gasteiger partial charge in [-0.25, -0.2) is 8.78 Å². The molecule has 4 rings (SSSR count). The minimum Gasteiger partial charge on any atom is -0.359 e. The molecule has 2 aromatic heterocycles. The van der Waals surface area contributed by atoms with E-state index in [9.17, 15) is 8.78 Å². The predicted octanol–water partition coefficient (Wildman–Crippen LogP) is 4.81. The second-order valence-electron chi connectivity index (χ2n) is 5.58.